The third kappa shape index (κ3) is 3.36. The molecule has 3 aromatic rings. The van der Waals surface area contributed by atoms with Gasteiger partial charge in [-0.15, -0.1) is 0 Å². The van der Waals surface area contributed by atoms with Crippen molar-refractivity contribution in [2.24, 2.45) is 0 Å². The summed E-state index contributed by atoms with van der Waals surface area (Å²) >= 11 is 0. The number of aromatic nitrogens is 2. The topological polar surface area (TPSA) is 51.0 Å². The number of fused-ring (bicyclic) bond motifs is 1. The molecule has 0 spiro atoms. The van der Waals surface area contributed by atoms with Crippen LogP contribution in [0.1, 0.15) is 19.4 Å². The van der Waals surface area contributed by atoms with Crippen molar-refractivity contribution in [3.63, 3.8) is 0 Å². The number of nitrogens with zero attached hydrogens (tertiary/aromatic N) is 2. The number of halogens is 3. The summed E-state index contributed by atoms with van der Waals surface area (Å²) in [5.41, 5.74) is 0.454. The van der Waals surface area contributed by atoms with Crippen LogP contribution >= 0.6 is 0 Å². The zero-order chi connectivity index (χ0) is 16.2. The smallest absolute Gasteiger partial charge is 0.352 e. The van der Waals surface area contributed by atoms with E-state index in [0.29, 0.717) is 11.1 Å². The van der Waals surface area contributed by atoms with Crippen molar-refractivity contribution in [3.05, 3.63) is 48.2 Å². The van der Waals surface area contributed by atoms with Gasteiger partial charge in [0.25, 0.3) is 0 Å². The van der Waals surface area contributed by atoms with E-state index in [4.69, 9.17) is 4.52 Å². The van der Waals surface area contributed by atoms with Crippen molar-refractivity contribution in [3.8, 4) is 0 Å². The lowest BCUT2D eigenvalue weighted by atomic mass is 10.2. The fourth-order valence-electron chi connectivity index (χ4n) is 1.77. The maximum atomic E-state index is 12.6. The second-order valence-corrected chi connectivity index (χ2v) is 4.08. The Morgan fingerprint density at radius 3 is 2.59 bits per heavy atom. The summed E-state index contributed by atoms with van der Waals surface area (Å²) < 4.78 is 42.9. The van der Waals surface area contributed by atoms with Gasteiger partial charge in [-0.2, -0.15) is 13.2 Å². The van der Waals surface area contributed by atoms with Crippen molar-refractivity contribution in [1.29, 1.82) is 0 Å². The highest BCUT2D eigenvalue weighted by atomic mass is 19.4. The van der Waals surface area contributed by atoms with Gasteiger partial charge in [-0.05, 0) is 30.3 Å². The van der Waals surface area contributed by atoms with Crippen molar-refractivity contribution in [1.82, 2.24) is 10.1 Å². The predicted octanol–water partition coefficient (Wildman–Crippen LogP) is 5.01. The van der Waals surface area contributed by atoms with Gasteiger partial charge in [0, 0.05) is 11.9 Å². The van der Waals surface area contributed by atoms with Crippen LogP contribution in [0.25, 0.3) is 11.1 Å². The molecule has 0 bridgehead atoms. The first-order chi connectivity index (χ1) is 10.5. The van der Waals surface area contributed by atoms with Gasteiger partial charge in [-0.25, -0.2) is 4.98 Å². The highest BCUT2D eigenvalue weighted by molar-refractivity contribution is 5.85. The average Bonchev–Trinajstić information content (AvgIpc) is 2.92. The Balaban J connectivity index is 0.000000847. The first-order valence-electron chi connectivity index (χ1n) is 6.69. The maximum Gasteiger partial charge on any atom is 0.416 e. The van der Waals surface area contributed by atoms with E-state index in [1.165, 1.54) is 12.1 Å². The molecule has 0 unspecified atom stereocenters. The van der Waals surface area contributed by atoms with Crippen LogP contribution in [0, 0.1) is 0 Å². The van der Waals surface area contributed by atoms with Crippen LogP contribution in [0.5, 0.6) is 0 Å². The Morgan fingerprint density at radius 2 is 1.86 bits per heavy atom. The highest BCUT2D eigenvalue weighted by Gasteiger charge is 2.30. The summed E-state index contributed by atoms with van der Waals surface area (Å²) in [5, 5.41) is 6.52. The van der Waals surface area contributed by atoms with Crippen LogP contribution in [0.3, 0.4) is 0 Å². The molecule has 2 aromatic heterocycles. The summed E-state index contributed by atoms with van der Waals surface area (Å²) in [7, 11) is 0. The van der Waals surface area contributed by atoms with Gasteiger partial charge in [0.2, 0.25) is 0 Å². The molecule has 0 aliphatic heterocycles. The van der Waals surface area contributed by atoms with Gasteiger partial charge in [0.1, 0.15) is 0 Å². The molecule has 0 fully saturated rings. The van der Waals surface area contributed by atoms with Gasteiger partial charge in [-0.1, -0.05) is 25.1 Å². The number of rotatable bonds is 2. The third-order valence-electron chi connectivity index (χ3n) is 2.68. The van der Waals surface area contributed by atoms with Gasteiger partial charge < -0.3 is 9.84 Å². The number of hydrogen-bond acceptors (Lipinski definition) is 4. The quantitative estimate of drug-likeness (QED) is 0.723. The fourth-order valence-corrected chi connectivity index (χ4v) is 1.77. The standard InChI is InChI=1S/C13H8F3N3O.C2H6/c14-13(15,16)8-3-1-4-9(7-8)18-12-11-10(20-19-12)5-2-6-17-11;1-2/h1-7H,(H,18,19);1-2H3. The SMILES string of the molecule is CC.FC(F)(F)c1cccc(Nc2noc3cccnc23)c1. The molecule has 0 saturated heterocycles. The second kappa shape index (κ2) is 6.46. The van der Waals surface area contributed by atoms with Gasteiger partial charge in [0.05, 0.1) is 5.56 Å². The second-order valence-electron chi connectivity index (χ2n) is 4.08. The van der Waals surface area contributed by atoms with E-state index in [1.807, 2.05) is 13.8 Å². The number of nitrogens with one attached hydrogen (secondary N) is 1. The predicted molar refractivity (Wildman–Crippen MR) is 77.9 cm³/mol. The summed E-state index contributed by atoms with van der Waals surface area (Å²) in [4.78, 5) is 4.07. The Bertz CT molecular complexity index is 753. The van der Waals surface area contributed by atoms with Crippen LogP contribution in [0.2, 0.25) is 0 Å². The zero-order valence-electron chi connectivity index (χ0n) is 12.0. The fraction of sp³-hybridized carbons (Fsp3) is 0.200. The molecule has 0 atom stereocenters. The number of anilines is 2. The molecule has 2 heterocycles. The van der Waals surface area contributed by atoms with Crippen LogP contribution in [0.4, 0.5) is 24.7 Å². The molecule has 3 rings (SSSR count). The molecular formula is C15H14F3N3O. The molecule has 22 heavy (non-hydrogen) atoms. The first kappa shape index (κ1) is 15.8. The zero-order valence-corrected chi connectivity index (χ0v) is 12.0. The van der Waals surface area contributed by atoms with Crippen molar-refractivity contribution < 1.29 is 17.7 Å². The van der Waals surface area contributed by atoms with Crippen molar-refractivity contribution in [2.75, 3.05) is 5.32 Å². The maximum absolute atomic E-state index is 12.6. The van der Waals surface area contributed by atoms with Crippen molar-refractivity contribution in [2.45, 2.75) is 20.0 Å². The minimum atomic E-state index is -4.39. The summed E-state index contributed by atoms with van der Waals surface area (Å²) in [6.45, 7) is 4.00. The van der Waals surface area contributed by atoms with E-state index in [-0.39, 0.29) is 11.5 Å². The molecule has 1 N–H and O–H groups in total. The summed E-state index contributed by atoms with van der Waals surface area (Å²) in [5.74, 6) is 0.278. The molecule has 1 aromatic carbocycles. The van der Waals surface area contributed by atoms with E-state index in [0.717, 1.165) is 12.1 Å². The number of benzene rings is 1. The van der Waals surface area contributed by atoms with Crippen LogP contribution in [-0.4, -0.2) is 10.1 Å². The van der Waals surface area contributed by atoms with Crippen molar-refractivity contribution >= 4 is 22.6 Å². The minimum absolute atomic E-state index is 0.265. The van der Waals surface area contributed by atoms with E-state index in [2.05, 4.69) is 15.5 Å². The summed E-state index contributed by atoms with van der Waals surface area (Å²) in [6, 6.07) is 8.20. The molecule has 0 aliphatic rings. The van der Waals surface area contributed by atoms with Gasteiger partial charge in [0.15, 0.2) is 16.9 Å². The number of pyridine rings is 1. The Labute approximate surface area is 125 Å². The molecular weight excluding hydrogens is 295 g/mol. The average molecular weight is 309 g/mol. The lowest BCUT2D eigenvalue weighted by molar-refractivity contribution is -0.137. The van der Waals surface area contributed by atoms with Crippen LogP contribution < -0.4 is 5.32 Å². The first-order valence-corrected chi connectivity index (χ1v) is 6.69. The molecule has 0 aliphatic carbocycles. The van der Waals surface area contributed by atoms with Gasteiger partial charge >= 0.3 is 6.18 Å². The lowest BCUT2D eigenvalue weighted by Crippen LogP contribution is -2.05. The van der Waals surface area contributed by atoms with E-state index in [9.17, 15) is 13.2 Å². The minimum Gasteiger partial charge on any atom is -0.352 e. The lowest BCUT2D eigenvalue weighted by Gasteiger charge is -2.08. The molecule has 4 nitrogen and oxygen atoms in total. The molecule has 0 saturated carbocycles. The Hall–Kier alpha value is -2.57. The number of hydrogen-bond donors (Lipinski definition) is 1. The molecule has 7 heteroatoms. The highest BCUT2D eigenvalue weighted by Crippen LogP contribution is 2.32. The molecule has 0 amide bonds. The van der Waals surface area contributed by atoms with Crippen LogP contribution in [0.15, 0.2) is 47.1 Å². The summed E-state index contributed by atoms with van der Waals surface area (Å²) in [6.07, 6.45) is -2.83. The largest absolute Gasteiger partial charge is 0.416 e. The monoisotopic (exact) mass is 309 g/mol. The number of alkyl halides is 3. The molecule has 116 valence electrons. The Kier molecular flexibility index (Phi) is 4.65. The van der Waals surface area contributed by atoms with Gasteiger partial charge in [-0.3, -0.25) is 0 Å². The van der Waals surface area contributed by atoms with Crippen LogP contribution in [-0.2, 0) is 6.18 Å². The van der Waals surface area contributed by atoms with E-state index >= 15 is 0 Å². The van der Waals surface area contributed by atoms with E-state index in [1.54, 1.807) is 18.3 Å². The Morgan fingerprint density at radius 1 is 1.09 bits per heavy atom. The molecule has 0 radical (unpaired) electrons. The normalized spacial score (nSPS) is 11.0. The third-order valence-corrected chi connectivity index (χ3v) is 2.68. The van der Waals surface area contributed by atoms with E-state index < -0.39 is 11.7 Å².